The third-order valence-corrected chi connectivity index (χ3v) is 4.92. The zero-order chi connectivity index (χ0) is 14.7. The van der Waals surface area contributed by atoms with Crippen molar-refractivity contribution in [3.63, 3.8) is 0 Å². The van der Waals surface area contributed by atoms with Crippen molar-refractivity contribution in [1.29, 1.82) is 0 Å². The number of hydrogen-bond donors (Lipinski definition) is 0. The van der Waals surface area contributed by atoms with Crippen LogP contribution >= 0.6 is 23.2 Å². The van der Waals surface area contributed by atoms with Crippen LogP contribution in [0.3, 0.4) is 0 Å². The molecule has 1 aliphatic rings. The van der Waals surface area contributed by atoms with Gasteiger partial charge in [0.2, 0.25) is 0 Å². The zero-order valence-corrected chi connectivity index (χ0v) is 13.2. The Hall–Kier alpha value is -1.31. The maximum absolute atomic E-state index is 6.20. The van der Waals surface area contributed by atoms with Gasteiger partial charge in [0.1, 0.15) is 5.15 Å². The molecule has 1 fully saturated rings. The van der Waals surface area contributed by atoms with Gasteiger partial charge in [-0.25, -0.2) is 4.98 Å². The quantitative estimate of drug-likeness (QED) is 0.607. The Labute approximate surface area is 135 Å². The minimum absolute atomic E-state index is 0.379. The molecular weight excluding hydrogens is 301 g/mol. The normalized spacial score (nSPS) is 18.6. The summed E-state index contributed by atoms with van der Waals surface area (Å²) in [5, 5.41) is 0.931. The number of halogens is 2. The second-order valence-electron chi connectivity index (χ2n) is 5.49. The maximum Gasteiger partial charge on any atom is 0.148 e. The Kier molecular flexibility index (Phi) is 4.62. The first kappa shape index (κ1) is 14.6. The Bertz CT molecular complexity index is 640. The van der Waals surface area contributed by atoms with Crippen molar-refractivity contribution in [2.24, 2.45) is 0 Å². The van der Waals surface area contributed by atoms with Gasteiger partial charge >= 0.3 is 0 Å². The summed E-state index contributed by atoms with van der Waals surface area (Å²) < 4.78 is 0. The molecule has 1 aliphatic carbocycles. The van der Waals surface area contributed by atoms with E-state index in [1.165, 1.54) is 24.0 Å². The third-order valence-electron chi connectivity index (χ3n) is 4.13. The third kappa shape index (κ3) is 3.48. The van der Waals surface area contributed by atoms with Crippen LogP contribution < -0.4 is 0 Å². The Morgan fingerprint density at radius 3 is 2.43 bits per heavy atom. The number of pyridine rings is 1. The van der Waals surface area contributed by atoms with E-state index in [-0.39, 0.29) is 0 Å². The van der Waals surface area contributed by atoms with E-state index in [1.807, 2.05) is 6.07 Å². The fourth-order valence-electron chi connectivity index (χ4n) is 2.95. The largest absolute Gasteiger partial charge is 0.243 e. The number of benzene rings is 1. The van der Waals surface area contributed by atoms with Crippen LogP contribution in [0, 0.1) is 0 Å². The van der Waals surface area contributed by atoms with Crippen molar-refractivity contribution in [1.82, 2.24) is 4.98 Å². The molecule has 1 heterocycles. The lowest BCUT2D eigenvalue weighted by Gasteiger charge is -2.24. The summed E-state index contributed by atoms with van der Waals surface area (Å²) in [6, 6.07) is 12.7. The number of nitrogens with zero attached hydrogens (tertiary/aromatic N) is 1. The van der Waals surface area contributed by atoms with Crippen molar-refractivity contribution in [3.05, 3.63) is 69.5 Å². The van der Waals surface area contributed by atoms with Crippen molar-refractivity contribution < 1.29 is 0 Å². The molecule has 0 aliphatic heterocycles. The number of allylic oxidation sites excluding steroid dienone is 1. The molecule has 0 radical (unpaired) electrons. The summed E-state index contributed by atoms with van der Waals surface area (Å²) in [7, 11) is 0. The fourth-order valence-corrected chi connectivity index (χ4v) is 3.29. The number of hydrogen-bond acceptors (Lipinski definition) is 1. The summed E-state index contributed by atoms with van der Waals surface area (Å²) in [6.07, 6.45) is 8.53. The molecule has 0 unspecified atom stereocenters. The number of aromatic nitrogens is 1. The lowest BCUT2D eigenvalue weighted by Crippen LogP contribution is -2.06. The van der Waals surface area contributed by atoms with Crippen LogP contribution in [0.25, 0.3) is 6.08 Å². The van der Waals surface area contributed by atoms with Crippen molar-refractivity contribution in [2.45, 2.75) is 31.6 Å². The van der Waals surface area contributed by atoms with E-state index in [0.717, 1.165) is 18.4 Å². The average Bonchev–Trinajstić information content (AvgIpc) is 2.53. The first-order valence-electron chi connectivity index (χ1n) is 7.28. The van der Waals surface area contributed by atoms with E-state index in [2.05, 4.69) is 41.4 Å². The summed E-state index contributed by atoms with van der Waals surface area (Å²) in [5.41, 5.74) is 3.89. The molecule has 0 saturated heterocycles. The SMILES string of the molecule is Clc1nccc(C=C2CCC(c3ccccc3)CC2)c1Cl. The van der Waals surface area contributed by atoms with Crippen LogP contribution in [-0.2, 0) is 0 Å². The number of rotatable bonds is 2. The van der Waals surface area contributed by atoms with Crippen LogP contribution in [0.5, 0.6) is 0 Å². The van der Waals surface area contributed by atoms with Gasteiger partial charge in [-0.3, -0.25) is 0 Å². The van der Waals surface area contributed by atoms with Crippen molar-refractivity contribution >= 4 is 29.3 Å². The van der Waals surface area contributed by atoms with Crippen LogP contribution in [0.4, 0.5) is 0 Å². The smallest absolute Gasteiger partial charge is 0.148 e. The Morgan fingerprint density at radius 2 is 1.71 bits per heavy atom. The van der Waals surface area contributed by atoms with Gasteiger partial charge in [0, 0.05) is 6.20 Å². The second kappa shape index (κ2) is 6.64. The van der Waals surface area contributed by atoms with Crippen LogP contribution in [-0.4, -0.2) is 4.98 Å². The van der Waals surface area contributed by atoms with Gasteiger partial charge in [0.05, 0.1) is 5.02 Å². The predicted molar refractivity (Wildman–Crippen MR) is 89.9 cm³/mol. The molecule has 108 valence electrons. The van der Waals surface area contributed by atoms with Gasteiger partial charge in [-0.15, -0.1) is 0 Å². The van der Waals surface area contributed by atoms with Gasteiger partial charge in [-0.05, 0) is 48.8 Å². The van der Waals surface area contributed by atoms with E-state index in [9.17, 15) is 0 Å². The minimum Gasteiger partial charge on any atom is -0.243 e. The molecule has 2 aromatic rings. The van der Waals surface area contributed by atoms with Gasteiger partial charge in [-0.1, -0.05) is 65.2 Å². The fraction of sp³-hybridized carbons (Fsp3) is 0.278. The summed E-state index contributed by atoms with van der Waals surface area (Å²) in [5.74, 6) is 0.680. The van der Waals surface area contributed by atoms with Crippen LogP contribution in [0.15, 0.2) is 48.2 Å². The molecule has 0 spiro atoms. The summed E-state index contributed by atoms with van der Waals surface area (Å²) in [4.78, 5) is 3.99. The molecule has 0 atom stereocenters. The molecule has 1 aromatic carbocycles. The van der Waals surface area contributed by atoms with E-state index in [1.54, 1.807) is 6.20 Å². The molecule has 21 heavy (non-hydrogen) atoms. The van der Waals surface area contributed by atoms with Crippen LogP contribution in [0.2, 0.25) is 10.2 Å². The first-order valence-corrected chi connectivity index (χ1v) is 8.04. The highest BCUT2D eigenvalue weighted by molar-refractivity contribution is 6.42. The average molecular weight is 318 g/mol. The second-order valence-corrected chi connectivity index (χ2v) is 6.23. The molecule has 1 nitrogen and oxygen atoms in total. The lowest BCUT2D eigenvalue weighted by atomic mass is 9.81. The summed E-state index contributed by atoms with van der Waals surface area (Å²) >= 11 is 12.2. The molecule has 0 bridgehead atoms. The monoisotopic (exact) mass is 317 g/mol. The topological polar surface area (TPSA) is 12.9 Å². The minimum atomic E-state index is 0.379. The van der Waals surface area contributed by atoms with Gasteiger partial charge in [-0.2, -0.15) is 0 Å². The zero-order valence-electron chi connectivity index (χ0n) is 11.7. The van der Waals surface area contributed by atoms with Gasteiger partial charge in [0.15, 0.2) is 0 Å². The highest BCUT2D eigenvalue weighted by Crippen LogP contribution is 2.37. The Morgan fingerprint density at radius 1 is 1.00 bits per heavy atom. The molecule has 0 N–H and O–H groups in total. The molecule has 3 rings (SSSR count). The van der Waals surface area contributed by atoms with Crippen LogP contribution in [0.1, 0.15) is 42.7 Å². The molecular formula is C18H17Cl2N. The maximum atomic E-state index is 6.20. The highest BCUT2D eigenvalue weighted by atomic mass is 35.5. The molecule has 1 aromatic heterocycles. The molecule has 3 heteroatoms. The van der Waals surface area contributed by atoms with Gasteiger partial charge in [0.25, 0.3) is 0 Å². The highest BCUT2D eigenvalue weighted by Gasteiger charge is 2.18. The van der Waals surface area contributed by atoms with Crippen molar-refractivity contribution in [3.8, 4) is 0 Å². The first-order chi connectivity index (χ1) is 10.2. The Balaban J connectivity index is 1.71. The standard InChI is InChI=1S/C18H17Cl2N/c19-17-16(10-11-21-18(17)20)12-13-6-8-15(9-7-13)14-4-2-1-3-5-14/h1-5,10-12,15H,6-9H2. The predicted octanol–water partition coefficient (Wildman–Crippen LogP) is 6.13. The van der Waals surface area contributed by atoms with E-state index < -0.39 is 0 Å². The lowest BCUT2D eigenvalue weighted by molar-refractivity contribution is 0.519. The summed E-state index contributed by atoms with van der Waals surface area (Å²) in [6.45, 7) is 0. The van der Waals surface area contributed by atoms with Crippen molar-refractivity contribution in [2.75, 3.05) is 0 Å². The van der Waals surface area contributed by atoms with E-state index in [0.29, 0.717) is 16.1 Å². The molecule has 0 amide bonds. The van der Waals surface area contributed by atoms with E-state index in [4.69, 9.17) is 23.2 Å². The van der Waals surface area contributed by atoms with E-state index >= 15 is 0 Å². The van der Waals surface area contributed by atoms with Gasteiger partial charge < -0.3 is 0 Å². The molecule has 1 saturated carbocycles.